The number of hydrogen-bond acceptors (Lipinski definition) is 6. The zero-order valence-corrected chi connectivity index (χ0v) is 20.1. The van der Waals surface area contributed by atoms with Crippen LogP contribution in [0.5, 0.6) is 0 Å². The second kappa shape index (κ2) is 10.6. The fourth-order valence-electron chi connectivity index (χ4n) is 5.84. The highest BCUT2D eigenvalue weighted by molar-refractivity contribution is 5.82. The summed E-state index contributed by atoms with van der Waals surface area (Å²) in [5.41, 5.74) is 2.24. The molecule has 0 radical (unpaired) electrons. The van der Waals surface area contributed by atoms with Gasteiger partial charge in [-0.1, -0.05) is 0 Å². The van der Waals surface area contributed by atoms with Crippen LogP contribution in [0, 0.1) is 6.92 Å². The van der Waals surface area contributed by atoms with Gasteiger partial charge in [-0.25, -0.2) is 0 Å². The first kappa shape index (κ1) is 23.7. The van der Waals surface area contributed by atoms with E-state index in [0.29, 0.717) is 38.1 Å². The maximum absolute atomic E-state index is 13.6. The van der Waals surface area contributed by atoms with Gasteiger partial charge in [-0.2, -0.15) is 5.10 Å². The third-order valence-electron chi connectivity index (χ3n) is 7.84. The number of piperidine rings is 1. The third kappa shape index (κ3) is 5.03. The van der Waals surface area contributed by atoms with Crippen molar-refractivity contribution in [3.8, 4) is 0 Å². The van der Waals surface area contributed by atoms with Crippen LogP contribution in [0.3, 0.4) is 0 Å². The van der Waals surface area contributed by atoms with Crippen LogP contribution in [-0.4, -0.2) is 99.1 Å². The topological polar surface area (TPSA) is 74.1 Å². The van der Waals surface area contributed by atoms with Gasteiger partial charge in [0.15, 0.2) is 0 Å². The van der Waals surface area contributed by atoms with Crippen molar-refractivity contribution in [1.82, 2.24) is 24.5 Å². The van der Waals surface area contributed by atoms with Crippen molar-refractivity contribution in [2.24, 2.45) is 0 Å². The second-order valence-electron chi connectivity index (χ2n) is 9.64. The predicted molar refractivity (Wildman–Crippen MR) is 123 cm³/mol. The molecular formula is C24H41N5O3. The van der Waals surface area contributed by atoms with Crippen LogP contribution in [0.15, 0.2) is 6.20 Å². The molecule has 4 heterocycles. The van der Waals surface area contributed by atoms with E-state index < -0.39 is 6.10 Å². The van der Waals surface area contributed by atoms with E-state index in [0.717, 1.165) is 69.8 Å². The quantitative estimate of drug-likeness (QED) is 0.685. The van der Waals surface area contributed by atoms with E-state index in [9.17, 15) is 9.90 Å². The zero-order valence-electron chi connectivity index (χ0n) is 20.1. The number of ether oxygens (including phenoxy) is 1. The Kier molecular flexibility index (Phi) is 7.87. The molecule has 1 N–H and O–H groups in total. The molecule has 1 aromatic rings. The zero-order chi connectivity index (χ0) is 22.7. The molecule has 0 spiro atoms. The summed E-state index contributed by atoms with van der Waals surface area (Å²) in [5.74, 6) is 0.152. The number of β-amino-alcohol motifs (C(OH)–C–C–N with tert-alkyl or cyclic N) is 1. The number of aliphatic hydroxyl groups excluding tert-OH is 1. The summed E-state index contributed by atoms with van der Waals surface area (Å²) in [6.45, 7) is 12.8. The molecule has 0 bridgehead atoms. The standard InChI is InChI=1S/C24H41N5O3/c1-4-26(16-19-15-25-29(5-2)18(19)3)24(31)23-14-22(30)17-28(23)21-6-10-27(11-7-21)20-8-12-32-13-9-20/h15,20-23,30H,4-14,16-17H2,1-3H3/t22-,23+/m1/s1. The highest BCUT2D eigenvalue weighted by Gasteiger charge is 2.42. The van der Waals surface area contributed by atoms with E-state index in [1.54, 1.807) is 0 Å². The Labute approximate surface area is 192 Å². The number of likely N-dealkylation sites (tertiary alicyclic amines) is 2. The van der Waals surface area contributed by atoms with Gasteiger partial charge in [0.1, 0.15) is 0 Å². The molecule has 3 saturated heterocycles. The minimum atomic E-state index is -0.416. The lowest BCUT2D eigenvalue weighted by Crippen LogP contribution is -2.53. The molecule has 0 saturated carbocycles. The molecule has 0 aliphatic carbocycles. The highest BCUT2D eigenvalue weighted by atomic mass is 16.5. The number of rotatable bonds is 7. The lowest BCUT2D eigenvalue weighted by atomic mass is 9.98. The summed E-state index contributed by atoms with van der Waals surface area (Å²) in [7, 11) is 0. The van der Waals surface area contributed by atoms with E-state index in [1.165, 1.54) is 0 Å². The first-order valence-corrected chi connectivity index (χ1v) is 12.6. The molecular weight excluding hydrogens is 406 g/mol. The van der Waals surface area contributed by atoms with Crippen LogP contribution >= 0.6 is 0 Å². The van der Waals surface area contributed by atoms with Crippen molar-refractivity contribution in [2.75, 3.05) is 39.4 Å². The summed E-state index contributed by atoms with van der Waals surface area (Å²) in [6, 6.07) is 0.806. The number of carbonyl (C=O) groups is 1. The highest BCUT2D eigenvalue weighted by Crippen LogP contribution is 2.29. The number of aryl methyl sites for hydroxylation is 1. The van der Waals surface area contributed by atoms with Crippen molar-refractivity contribution in [1.29, 1.82) is 0 Å². The van der Waals surface area contributed by atoms with Gasteiger partial charge >= 0.3 is 0 Å². The predicted octanol–water partition coefficient (Wildman–Crippen LogP) is 1.64. The number of nitrogens with zero attached hydrogens (tertiary/aromatic N) is 5. The Morgan fingerprint density at radius 1 is 1.19 bits per heavy atom. The number of carbonyl (C=O) groups excluding carboxylic acids is 1. The van der Waals surface area contributed by atoms with Gasteiger partial charge in [0.25, 0.3) is 0 Å². The van der Waals surface area contributed by atoms with Gasteiger partial charge in [0.05, 0.1) is 18.3 Å². The normalized spacial score (nSPS) is 26.6. The summed E-state index contributed by atoms with van der Waals surface area (Å²) in [4.78, 5) is 20.5. The van der Waals surface area contributed by atoms with Crippen LogP contribution in [0.25, 0.3) is 0 Å². The lowest BCUT2D eigenvalue weighted by Gasteiger charge is -2.43. The Morgan fingerprint density at radius 3 is 2.53 bits per heavy atom. The summed E-state index contributed by atoms with van der Waals surface area (Å²) < 4.78 is 7.50. The lowest BCUT2D eigenvalue weighted by molar-refractivity contribution is -0.137. The first-order valence-electron chi connectivity index (χ1n) is 12.6. The van der Waals surface area contributed by atoms with Crippen molar-refractivity contribution in [3.63, 3.8) is 0 Å². The smallest absolute Gasteiger partial charge is 0.240 e. The van der Waals surface area contributed by atoms with Crippen LogP contribution in [-0.2, 0) is 22.6 Å². The van der Waals surface area contributed by atoms with Crippen molar-refractivity contribution < 1.29 is 14.6 Å². The fraction of sp³-hybridized carbons (Fsp3) is 0.833. The molecule has 0 unspecified atom stereocenters. The minimum Gasteiger partial charge on any atom is -0.392 e. The molecule has 180 valence electrons. The summed E-state index contributed by atoms with van der Waals surface area (Å²) in [6.07, 6.45) is 6.43. The van der Waals surface area contributed by atoms with E-state index in [4.69, 9.17) is 4.74 Å². The maximum atomic E-state index is 13.6. The summed E-state index contributed by atoms with van der Waals surface area (Å²) in [5, 5.41) is 14.9. The largest absolute Gasteiger partial charge is 0.392 e. The van der Waals surface area contributed by atoms with Gasteiger partial charge in [0, 0.05) is 62.7 Å². The average molecular weight is 448 g/mol. The van der Waals surface area contributed by atoms with E-state index in [2.05, 4.69) is 28.7 Å². The van der Waals surface area contributed by atoms with Crippen LogP contribution in [0.4, 0.5) is 0 Å². The van der Waals surface area contributed by atoms with E-state index in [-0.39, 0.29) is 11.9 Å². The van der Waals surface area contributed by atoms with Gasteiger partial charge in [0.2, 0.25) is 5.91 Å². The van der Waals surface area contributed by atoms with E-state index in [1.807, 2.05) is 22.7 Å². The average Bonchev–Trinajstić information content (AvgIpc) is 3.39. The van der Waals surface area contributed by atoms with Crippen molar-refractivity contribution in [2.45, 2.75) is 90.2 Å². The van der Waals surface area contributed by atoms with Crippen molar-refractivity contribution >= 4 is 5.91 Å². The second-order valence-corrected chi connectivity index (χ2v) is 9.64. The molecule has 8 heteroatoms. The molecule has 0 aromatic carbocycles. The number of amides is 1. The van der Waals surface area contributed by atoms with Crippen LogP contribution in [0.2, 0.25) is 0 Å². The maximum Gasteiger partial charge on any atom is 0.240 e. The van der Waals surface area contributed by atoms with Crippen LogP contribution < -0.4 is 0 Å². The Balaban J connectivity index is 1.39. The van der Waals surface area contributed by atoms with Gasteiger partial charge in [-0.15, -0.1) is 0 Å². The Hall–Kier alpha value is -1.48. The summed E-state index contributed by atoms with van der Waals surface area (Å²) >= 11 is 0. The first-order chi connectivity index (χ1) is 15.5. The molecule has 32 heavy (non-hydrogen) atoms. The molecule has 2 atom stereocenters. The molecule has 3 fully saturated rings. The Morgan fingerprint density at radius 2 is 1.91 bits per heavy atom. The Bertz CT molecular complexity index is 755. The van der Waals surface area contributed by atoms with Gasteiger partial charge in [-0.3, -0.25) is 14.4 Å². The molecule has 3 aliphatic heterocycles. The molecule has 4 rings (SSSR count). The number of aliphatic hydroxyl groups is 1. The molecule has 1 aromatic heterocycles. The minimum absolute atomic E-state index is 0.152. The number of hydrogen-bond donors (Lipinski definition) is 1. The number of aromatic nitrogens is 2. The molecule has 3 aliphatic rings. The third-order valence-corrected chi connectivity index (χ3v) is 7.84. The van der Waals surface area contributed by atoms with Crippen molar-refractivity contribution in [3.05, 3.63) is 17.5 Å². The molecule has 1 amide bonds. The van der Waals surface area contributed by atoms with Gasteiger partial charge < -0.3 is 19.6 Å². The molecule has 8 nitrogen and oxygen atoms in total. The number of likely N-dealkylation sites (N-methyl/N-ethyl adjacent to an activating group) is 1. The van der Waals surface area contributed by atoms with Gasteiger partial charge in [-0.05, 0) is 66.0 Å². The van der Waals surface area contributed by atoms with E-state index >= 15 is 0 Å². The SMILES string of the molecule is CCN(Cc1cnn(CC)c1C)C(=O)[C@@H]1C[C@@H](O)CN1C1CCN(C2CCOCC2)CC1. The fourth-order valence-corrected chi connectivity index (χ4v) is 5.84. The monoisotopic (exact) mass is 447 g/mol. The van der Waals surface area contributed by atoms with Crippen LogP contribution in [0.1, 0.15) is 57.2 Å².